The van der Waals surface area contributed by atoms with Gasteiger partial charge in [0, 0.05) is 24.7 Å². The van der Waals surface area contributed by atoms with Gasteiger partial charge in [-0.05, 0) is 43.2 Å². The number of anilines is 1. The van der Waals surface area contributed by atoms with Gasteiger partial charge in [-0.1, -0.05) is 24.9 Å². The molecule has 0 aliphatic rings. The minimum Gasteiger partial charge on any atom is -0.451 e. The monoisotopic (exact) mass is 458 g/mol. The SMILES string of the molecule is CCCc1cc(C(=O)OCC(=O)Nc2ccc(Cl)c(S(=O)(=O)N(C)C)c2)sc1C. The van der Waals surface area contributed by atoms with Gasteiger partial charge in [0.05, 0.1) is 5.02 Å². The van der Waals surface area contributed by atoms with Gasteiger partial charge in [-0.25, -0.2) is 17.5 Å². The molecular formula is C19H23ClN2O5S2. The molecule has 0 radical (unpaired) electrons. The van der Waals surface area contributed by atoms with Crippen LogP contribution in [0.4, 0.5) is 5.69 Å². The molecule has 10 heteroatoms. The van der Waals surface area contributed by atoms with Gasteiger partial charge in [0.2, 0.25) is 10.0 Å². The molecule has 0 saturated heterocycles. The molecule has 1 aromatic carbocycles. The number of nitrogens with zero attached hydrogens (tertiary/aromatic N) is 1. The van der Waals surface area contributed by atoms with Crippen LogP contribution >= 0.6 is 22.9 Å². The van der Waals surface area contributed by atoms with Gasteiger partial charge in [0.1, 0.15) is 9.77 Å². The average molecular weight is 459 g/mol. The first-order valence-electron chi connectivity index (χ1n) is 8.84. The quantitative estimate of drug-likeness (QED) is 0.608. The van der Waals surface area contributed by atoms with E-state index in [1.165, 1.54) is 43.6 Å². The van der Waals surface area contributed by atoms with Crippen LogP contribution in [0.25, 0.3) is 0 Å². The van der Waals surface area contributed by atoms with Crippen LogP contribution in [0.1, 0.15) is 33.5 Å². The second-order valence-electron chi connectivity index (χ2n) is 6.50. The molecule has 1 heterocycles. The van der Waals surface area contributed by atoms with Crippen LogP contribution in [0.15, 0.2) is 29.2 Å². The molecule has 1 aromatic heterocycles. The average Bonchev–Trinajstić information content (AvgIpc) is 3.02. The zero-order valence-electron chi connectivity index (χ0n) is 16.6. The lowest BCUT2D eigenvalue weighted by atomic mass is 10.1. The topological polar surface area (TPSA) is 92.8 Å². The smallest absolute Gasteiger partial charge is 0.348 e. The molecule has 0 fully saturated rings. The Morgan fingerprint density at radius 1 is 1.24 bits per heavy atom. The minimum atomic E-state index is -3.77. The Morgan fingerprint density at radius 2 is 1.93 bits per heavy atom. The van der Waals surface area contributed by atoms with Crippen LogP contribution in [-0.2, 0) is 26.0 Å². The maximum Gasteiger partial charge on any atom is 0.348 e. The number of esters is 1. The molecule has 29 heavy (non-hydrogen) atoms. The van der Waals surface area contributed by atoms with Crippen molar-refractivity contribution < 1.29 is 22.7 Å². The van der Waals surface area contributed by atoms with E-state index in [4.69, 9.17) is 16.3 Å². The largest absolute Gasteiger partial charge is 0.451 e. The molecular weight excluding hydrogens is 436 g/mol. The van der Waals surface area contributed by atoms with Crippen molar-refractivity contribution in [2.75, 3.05) is 26.0 Å². The third kappa shape index (κ3) is 5.79. The third-order valence-electron chi connectivity index (χ3n) is 4.05. The maximum absolute atomic E-state index is 12.3. The molecule has 0 bridgehead atoms. The molecule has 0 aliphatic carbocycles. The number of amides is 1. The van der Waals surface area contributed by atoms with Crippen molar-refractivity contribution in [1.29, 1.82) is 0 Å². The Morgan fingerprint density at radius 3 is 2.55 bits per heavy atom. The zero-order chi connectivity index (χ0) is 21.8. The first kappa shape index (κ1) is 23.3. The highest BCUT2D eigenvalue weighted by atomic mass is 35.5. The van der Waals surface area contributed by atoms with Crippen molar-refractivity contribution in [3.8, 4) is 0 Å². The van der Waals surface area contributed by atoms with E-state index in [1.54, 1.807) is 6.07 Å². The highest BCUT2D eigenvalue weighted by Crippen LogP contribution is 2.27. The first-order chi connectivity index (χ1) is 13.6. The molecule has 0 atom stereocenters. The highest BCUT2D eigenvalue weighted by molar-refractivity contribution is 7.89. The van der Waals surface area contributed by atoms with Crippen LogP contribution < -0.4 is 5.32 Å². The highest BCUT2D eigenvalue weighted by Gasteiger charge is 2.22. The molecule has 1 amide bonds. The normalized spacial score (nSPS) is 11.5. The van der Waals surface area contributed by atoms with Crippen molar-refractivity contribution in [3.63, 3.8) is 0 Å². The van der Waals surface area contributed by atoms with Crippen LogP contribution in [-0.4, -0.2) is 45.3 Å². The summed E-state index contributed by atoms with van der Waals surface area (Å²) in [7, 11) is -1.00. The molecule has 0 spiro atoms. The van der Waals surface area contributed by atoms with Gasteiger partial charge >= 0.3 is 5.97 Å². The molecule has 158 valence electrons. The number of thiophene rings is 1. The molecule has 2 rings (SSSR count). The Bertz CT molecular complexity index is 1020. The summed E-state index contributed by atoms with van der Waals surface area (Å²) in [6, 6.07) is 5.90. The Kier molecular flexibility index (Phi) is 7.81. The summed E-state index contributed by atoms with van der Waals surface area (Å²) in [4.78, 5) is 25.7. The van der Waals surface area contributed by atoms with Gasteiger partial charge in [-0.3, -0.25) is 4.79 Å². The number of nitrogens with one attached hydrogen (secondary N) is 1. The van der Waals surface area contributed by atoms with Crippen LogP contribution in [0, 0.1) is 6.92 Å². The van der Waals surface area contributed by atoms with Gasteiger partial charge in [-0.2, -0.15) is 0 Å². The number of carbonyl (C=O) groups excluding carboxylic acids is 2. The Labute approximate surface area is 179 Å². The zero-order valence-corrected chi connectivity index (χ0v) is 19.0. The van der Waals surface area contributed by atoms with Gasteiger partial charge in [0.15, 0.2) is 6.61 Å². The summed E-state index contributed by atoms with van der Waals surface area (Å²) >= 11 is 7.32. The van der Waals surface area contributed by atoms with Crippen LogP contribution in [0.3, 0.4) is 0 Å². The number of benzene rings is 1. The van der Waals surface area contributed by atoms with E-state index >= 15 is 0 Å². The summed E-state index contributed by atoms with van der Waals surface area (Å²) in [6.45, 7) is 3.52. The summed E-state index contributed by atoms with van der Waals surface area (Å²) in [5, 5.41) is 2.55. The van der Waals surface area contributed by atoms with Crippen LogP contribution in [0.5, 0.6) is 0 Å². The second-order valence-corrected chi connectivity index (χ2v) is 10.3. The van der Waals surface area contributed by atoms with E-state index in [9.17, 15) is 18.0 Å². The molecule has 7 nitrogen and oxygen atoms in total. The second kappa shape index (κ2) is 9.71. The predicted octanol–water partition coefficient (Wildman–Crippen LogP) is 3.71. The minimum absolute atomic E-state index is 0.0408. The number of ether oxygens (including phenoxy) is 1. The molecule has 0 aliphatic heterocycles. The van der Waals surface area contributed by atoms with E-state index in [0.29, 0.717) is 4.88 Å². The van der Waals surface area contributed by atoms with Gasteiger partial charge in [0.25, 0.3) is 5.91 Å². The number of sulfonamides is 1. The maximum atomic E-state index is 12.3. The number of halogens is 1. The fraction of sp³-hybridized carbons (Fsp3) is 0.368. The number of aryl methyl sites for hydroxylation is 2. The third-order valence-corrected chi connectivity index (χ3v) is 7.42. The van der Waals surface area contributed by atoms with E-state index in [0.717, 1.165) is 27.6 Å². The van der Waals surface area contributed by atoms with E-state index in [-0.39, 0.29) is 15.6 Å². The van der Waals surface area contributed by atoms with Crippen molar-refractivity contribution in [2.45, 2.75) is 31.6 Å². The molecule has 0 unspecified atom stereocenters. The standard InChI is InChI=1S/C19H23ClN2O5S2/c1-5-6-13-9-16(28-12(13)2)19(24)27-11-18(23)21-14-7-8-15(20)17(10-14)29(25,26)22(3)4/h7-10H,5-6,11H2,1-4H3,(H,21,23). The Hall–Kier alpha value is -1.94. The number of carbonyl (C=O) groups is 2. The fourth-order valence-electron chi connectivity index (χ4n) is 2.51. The molecule has 1 N–H and O–H groups in total. The van der Waals surface area contributed by atoms with E-state index < -0.39 is 28.5 Å². The van der Waals surface area contributed by atoms with Gasteiger partial charge < -0.3 is 10.1 Å². The van der Waals surface area contributed by atoms with Crippen molar-refractivity contribution in [2.24, 2.45) is 0 Å². The Balaban J connectivity index is 2.03. The molecule has 2 aromatic rings. The summed E-state index contributed by atoms with van der Waals surface area (Å²) in [5.41, 5.74) is 1.33. The number of hydrogen-bond donors (Lipinski definition) is 1. The molecule has 0 saturated carbocycles. The lowest BCUT2D eigenvalue weighted by Crippen LogP contribution is -2.23. The van der Waals surface area contributed by atoms with E-state index in [2.05, 4.69) is 12.2 Å². The summed E-state index contributed by atoms with van der Waals surface area (Å²) in [6.07, 6.45) is 1.85. The number of rotatable bonds is 8. The number of hydrogen-bond acceptors (Lipinski definition) is 6. The fourth-order valence-corrected chi connectivity index (χ4v) is 4.87. The summed E-state index contributed by atoms with van der Waals surface area (Å²) in [5.74, 6) is -1.15. The van der Waals surface area contributed by atoms with Crippen LogP contribution in [0.2, 0.25) is 5.02 Å². The predicted molar refractivity (Wildman–Crippen MR) is 114 cm³/mol. The summed E-state index contributed by atoms with van der Waals surface area (Å²) < 4.78 is 30.7. The first-order valence-corrected chi connectivity index (χ1v) is 11.5. The van der Waals surface area contributed by atoms with E-state index in [1.807, 2.05) is 6.92 Å². The van der Waals surface area contributed by atoms with Crippen molar-refractivity contribution in [1.82, 2.24) is 4.31 Å². The van der Waals surface area contributed by atoms with Crippen molar-refractivity contribution in [3.05, 3.63) is 44.6 Å². The lowest BCUT2D eigenvalue weighted by molar-refractivity contribution is -0.119. The lowest BCUT2D eigenvalue weighted by Gasteiger charge is -2.14. The van der Waals surface area contributed by atoms with Gasteiger partial charge in [-0.15, -0.1) is 11.3 Å². The van der Waals surface area contributed by atoms with Crippen molar-refractivity contribution >= 4 is 50.5 Å².